The summed E-state index contributed by atoms with van der Waals surface area (Å²) in [5, 5.41) is 6.14. The highest BCUT2D eigenvalue weighted by molar-refractivity contribution is 7.13. The second-order valence-electron chi connectivity index (χ2n) is 4.51. The molecule has 21 heavy (non-hydrogen) atoms. The lowest BCUT2D eigenvalue weighted by atomic mass is 10.2. The first kappa shape index (κ1) is 13.6. The zero-order valence-corrected chi connectivity index (χ0v) is 12.3. The van der Waals surface area contributed by atoms with E-state index in [1.54, 1.807) is 13.3 Å². The van der Waals surface area contributed by atoms with Crippen molar-refractivity contribution in [3.8, 4) is 16.2 Å². The molecule has 0 unspecified atom stereocenters. The highest BCUT2D eigenvalue weighted by Gasteiger charge is 2.15. The third-order valence-electron chi connectivity index (χ3n) is 3.17. The molecule has 106 valence electrons. The quantitative estimate of drug-likeness (QED) is 0.743. The lowest BCUT2D eigenvalue weighted by Gasteiger charge is -2.10. The minimum absolute atomic E-state index is 0.138. The van der Waals surface area contributed by atoms with Gasteiger partial charge >= 0.3 is 0 Å². The van der Waals surface area contributed by atoms with Crippen molar-refractivity contribution in [1.82, 2.24) is 9.78 Å². The molecule has 0 spiro atoms. The van der Waals surface area contributed by atoms with Crippen LogP contribution in [-0.2, 0) is 6.54 Å². The van der Waals surface area contributed by atoms with E-state index >= 15 is 0 Å². The van der Waals surface area contributed by atoms with Crippen molar-refractivity contribution in [2.75, 3.05) is 7.11 Å². The van der Waals surface area contributed by atoms with E-state index in [2.05, 4.69) is 5.10 Å². The highest BCUT2D eigenvalue weighted by atomic mass is 32.1. The van der Waals surface area contributed by atoms with E-state index in [9.17, 15) is 4.79 Å². The lowest BCUT2D eigenvalue weighted by Crippen LogP contribution is -2.25. The average molecular weight is 298 g/mol. The van der Waals surface area contributed by atoms with Crippen LogP contribution in [0.1, 0.15) is 5.56 Å². The minimum Gasteiger partial charge on any atom is -0.494 e. The second kappa shape index (κ2) is 5.93. The van der Waals surface area contributed by atoms with Crippen LogP contribution >= 0.6 is 11.3 Å². The molecule has 0 aliphatic rings. The minimum atomic E-state index is -0.138. The number of ether oxygens (including phenoxy) is 1. The van der Waals surface area contributed by atoms with E-state index in [1.807, 2.05) is 47.8 Å². The number of aromatic nitrogens is 2. The predicted molar refractivity (Wildman–Crippen MR) is 83.9 cm³/mol. The summed E-state index contributed by atoms with van der Waals surface area (Å²) in [5.74, 6) is 0.506. The van der Waals surface area contributed by atoms with Gasteiger partial charge in [0.1, 0.15) is 5.56 Å². The Morgan fingerprint density at radius 3 is 2.67 bits per heavy atom. The summed E-state index contributed by atoms with van der Waals surface area (Å²) >= 11 is 1.51. The van der Waals surface area contributed by atoms with E-state index in [0.29, 0.717) is 17.9 Å². The number of hydrogen-bond acceptors (Lipinski definition) is 4. The fraction of sp³-hybridized carbons (Fsp3) is 0.125. The van der Waals surface area contributed by atoms with E-state index in [-0.39, 0.29) is 5.56 Å². The van der Waals surface area contributed by atoms with Gasteiger partial charge in [0.25, 0.3) is 5.56 Å². The van der Waals surface area contributed by atoms with Crippen LogP contribution in [0, 0.1) is 0 Å². The van der Waals surface area contributed by atoms with Gasteiger partial charge in [-0.3, -0.25) is 4.79 Å². The van der Waals surface area contributed by atoms with Crippen molar-refractivity contribution >= 4 is 11.3 Å². The predicted octanol–water partition coefficient (Wildman–Crippen LogP) is 3.03. The molecule has 0 amide bonds. The van der Waals surface area contributed by atoms with Gasteiger partial charge in [0, 0.05) is 4.88 Å². The molecule has 1 aromatic carbocycles. The molecule has 0 fully saturated rings. The normalized spacial score (nSPS) is 10.5. The van der Waals surface area contributed by atoms with E-state index in [1.165, 1.54) is 16.0 Å². The fourth-order valence-corrected chi connectivity index (χ4v) is 2.91. The first-order chi connectivity index (χ1) is 10.3. The molecule has 0 N–H and O–H groups in total. The number of methoxy groups -OCH3 is 1. The van der Waals surface area contributed by atoms with Gasteiger partial charge in [0.05, 0.1) is 19.9 Å². The first-order valence-corrected chi connectivity index (χ1v) is 7.39. The average Bonchev–Trinajstić information content (AvgIpc) is 3.04. The molecule has 4 nitrogen and oxygen atoms in total. The number of nitrogens with zero attached hydrogens (tertiary/aromatic N) is 2. The van der Waals surface area contributed by atoms with E-state index < -0.39 is 0 Å². The molecule has 3 aromatic rings. The second-order valence-corrected chi connectivity index (χ2v) is 5.46. The summed E-state index contributed by atoms with van der Waals surface area (Å²) in [5.41, 5.74) is 1.47. The number of benzene rings is 1. The van der Waals surface area contributed by atoms with Crippen LogP contribution in [0.4, 0.5) is 0 Å². The van der Waals surface area contributed by atoms with Gasteiger partial charge in [-0.05, 0) is 17.0 Å². The molecule has 0 saturated carbocycles. The van der Waals surface area contributed by atoms with Crippen LogP contribution in [0.5, 0.6) is 5.75 Å². The summed E-state index contributed by atoms with van der Waals surface area (Å²) in [6.45, 7) is 0.446. The zero-order valence-electron chi connectivity index (χ0n) is 11.5. The Morgan fingerprint density at radius 1 is 1.19 bits per heavy atom. The first-order valence-electron chi connectivity index (χ1n) is 6.51. The maximum atomic E-state index is 12.7. The van der Waals surface area contributed by atoms with Crippen LogP contribution in [0.3, 0.4) is 0 Å². The maximum absolute atomic E-state index is 12.7. The van der Waals surface area contributed by atoms with Crippen molar-refractivity contribution in [2.24, 2.45) is 0 Å². The van der Waals surface area contributed by atoms with Crippen molar-refractivity contribution < 1.29 is 4.74 Å². The number of rotatable bonds is 4. The zero-order chi connectivity index (χ0) is 14.7. The molecule has 0 radical (unpaired) electrons. The summed E-state index contributed by atoms with van der Waals surface area (Å²) in [6.07, 6.45) is 1.60. The monoisotopic (exact) mass is 298 g/mol. The third kappa shape index (κ3) is 2.73. The van der Waals surface area contributed by atoms with Gasteiger partial charge in [-0.25, -0.2) is 4.68 Å². The maximum Gasteiger partial charge on any atom is 0.279 e. The van der Waals surface area contributed by atoms with E-state index in [0.717, 1.165) is 10.4 Å². The summed E-state index contributed by atoms with van der Waals surface area (Å²) < 4.78 is 6.75. The van der Waals surface area contributed by atoms with Crippen LogP contribution in [0.25, 0.3) is 10.4 Å². The topological polar surface area (TPSA) is 44.1 Å². The van der Waals surface area contributed by atoms with Gasteiger partial charge in [-0.1, -0.05) is 36.4 Å². The number of hydrogen-bond donors (Lipinski definition) is 0. The Hall–Kier alpha value is -2.40. The molecule has 3 rings (SSSR count). The molecule has 0 atom stereocenters. The van der Waals surface area contributed by atoms with Crippen molar-refractivity contribution in [2.45, 2.75) is 6.54 Å². The molecule has 0 aliphatic heterocycles. The summed E-state index contributed by atoms with van der Waals surface area (Å²) in [4.78, 5) is 13.6. The van der Waals surface area contributed by atoms with Crippen molar-refractivity contribution in [1.29, 1.82) is 0 Å². The van der Waals surface area contributed by atoms with E-state index in [4.69, 9.17) is 4.74 Å². The molecule has 5 heteroatoms. The lowest BCUT2D eigenvalue weighted by molar-refractivity contribution is 0.409. The van der Waals surface area contributed by atoms with Gasteiger partial charge in [-0.15, -0.1) is 11.3 Å². The highest BCUT2D eigenvalue weighted by Crippen LogP contribution is 2.29. The van der Waals surface area contributed by atoms with Crippen molar-refractivity contribution in [3.05, 3.63) is 70.0 Å². The van der Waals surface area contributed by atoms with Gasteiger partial charge in [0.15, 0.2) is 5.75 Å². The van der Waals surface area contributed by atoms with Crippen LogP contribution < -0.4 is 10.3 Å². The number of thiophene rings is 1. The van der Waals surface area contributed by atoms with Gasteiger partial charge in [-0.2, -0.15) is 5.10 Å². The Bertz CT molecular complexity index is 780. The molecule has 0 bridgehead atoms. The van der Waals surface area contributed by atoms with Crippen molar-refractivity contribution in [3.63, 3.8) is 0 Å². The van der Waals surface area contributed by atoms with Crippen LogP contribution in [-0.4, -0.2) is 16.9 Å². The Morgan fingerprint density at radius 2 is 2.00 bits per heavy atom. The largest absolute Gasteiger partial charge is 0.494 e. The fourth-order valence-electron chi connectivity index (χ4n) is 2.14. The summed E-state index contributed by atoms with van der Waals surface area (Å²) in [6, 6.07) is 13.6. The molecular weight excluding hydrogens is 284 g/mol. The van der Waals surface area contributed by atoms with Gasteiger partial charge < -0.3 is 4.74 Å². The molecule has 0 aliphatic carbocycles. The smallest absolute Gasteiger partial charge is 0.279 e. The standard InChI is InChI=1S/C16H14N2O2S/c1-20-13-10-17-18(11-12-6-3-2-4-7-12)16(19)15(13)14-8-5-9-21-14/h2-10H,11H2,1H3. The summed E-state index contributed by atoms with van der Waals surface area (Å²) in [7, 11) is 1.55. The SMILES string of the molecule is COc1cnn(Cc2ccccc2)c(=O)c1-c1cccs1. The molecular formula is C16H14N2O2S. The third-order valence-corrected chi connectivity index (χ3v) is 4.06. The molecule has 2 aromatic heterocycles. The molecule has 0 saturated heterocycles. The Labute approximate surface area is 126 Å². The molecule has 2 heterocycles. The Balaban J connectivity index is 2.08. The Kier molecular flexibility index (Phi) is 3.83. The van der Waals surface area contributed by atoms with Gasteiger partial charge in [0.2, 0.25) is 0 Å². The van der Waals surface area contributed by atoms with Crippen LogP contribution in [0.15, 0.2) is 58.8 Å². The van der Waals surface area contributed by atoms with Crippen LogP contribution in [0.2, 0.25) is 0 Å².